The van der Waals surface area contributed by atoms with Crippen molar-refractivity contribution in [2.24, 2.45) is 0 Å². The minimum Gasteiger partial charge on any atom is -0.392 e. The molecule has 1 heterocycles. The molecule has 1 aromatic carbocycles. The van der Waals surface area contributed by atoms with Crippen LogP contribution in [0.25, 0.3) is 17.0 Å². The number of aliphatic hydroxyl groups excluding tert-OH is 1. The Kier molecular flexibility index (Phi) is 3.51. The Balaban J connectivity index is 2.85. The lowest BCUT2D eigenvalue weighted by molar-refractivity contribution is 0.283. The molecule has 5 heteroatoms. The first kappa shape index (κ1) is 11.9. The molecule has 0 aliphatic rings. The van der Waals surface area contributed by atoms with E-state index in [0.717, 1.165) is 22.0 Å². The van der Waals surface area contributed by atoms with E-state index in [1.807, 2.05) is 25.1 Å². The molecule has 0 spiro atoms. The van der Waals surface area contributed by atoms with Crippen molar-refractivity contribution in [1.29, 1.82) is 0 Å². The minimum absolute atomic E-state index is 0.0426. The topological polar surface area (TPSA) is 38.0 Å². The summed E-state index contributed by atoms with van der Waals surface area (Å²) in [5, 5.41) is 15.2. The molecule has 0 saturated carbocycles. The van der Waals surface area contributed by atoms with Gasteiger partial charge in [-0.15, -0.1) is 0 Å². The van der Waals surface area contributed by atoms with Gasteiger partial charge in [-0.2, -0.15) is 5.10 Å². The molecule has 0 amide bonds. The van der Waals surface area contributed by atoms with E-state index < -0.39 is 0 Å². The molecule has 0 atom stereocenters. The zero-order valence-corrected chi connectivity index (χ0v) is 11.5. The van der Waals surface area contributed by atoms with Crippen LogP contribution in [-0.4, -0.2) is 13.1 Å². The Morgan fingerprint density at radius 1 is 1.62 bits per heavy atom. The molecule has 0 aliphatic carbocycles. The predicted molar refractivity (Wildman–Crippen MR) is 74.8 cm³/mol. The highest BCUT2D eigenvalue weighted by molar-refractivity contribution is 14.1. The third-order valence-electron chi connectivity index (χ3n) is 2.43. The van der Waals surface area contributed by atoms with E-state index in [2.05, 4.69) is 28.0 Å². The Bertz CT molecular complexity index is 563. The molecule has 0 aliphatic heterocycles. The summed E-state index contributed by atoms with van der Waals surface area (Å²) in [6.45, 7) is 1.88. The normalized spacial score (nSPS) is 11.8. The number of hydrogen-bond donors (Lipinski definition) is 1. The Morgan fingerprint density at radius 3 is 3.00 bits per heavy atom. The van der Waals surface area contributed by atoms with Crippen LogP contribution in [0.3, 0.4) is 0 Å². The predicted octanol–water partition coefficient (Wildman–Crippen LogP) is 3.41. The molecule has 0 radical (unpaired) electrons. The molecular weight excluding hydrogens is 338 g/mol. The van der Waals surface area contributed by atoms with Gasteiger partial charge in [0.15, 0.2) is 0 Å². The quantitative estimate of drug-likeness (QED) is 0.845. The monoisotopic (exact) mass is 348 g/mol. The highest BCUT2D eigenvalue weighted by atomic mass is 127. The zero-order valence-electron chi connectivity index (χ0n) is 8.61. The van der Waals surface area contributed by atoms with E-state index in [0.29, 0.717) is 5.02 Å². The fourth-order valence-electron chi connectivity index (χ4n) is 1.70. The number of allylic oxidation sites excluding steroid dienone is 1. The maximum atomic E-state index is 9.44. The van der Waals surface area contributed by atoms with Crippen molar-refractivity contribution in [3.63, 3.8) is 0 Å². The van der Waals surface area contributed by atoms with Gasteiger partial charge in [-0.25, -0.2) is 2.90 Å². The highest BCUT2D eigenvalue weighted by Crippen LogP contribution is 2.31. The maximum absolute atomic E-state index is 9.44. The van der Waals surface area contributed by atoms with Crippen LogP contribution in [0.4, 0.5) is 0 Å². The second-order valence-corrected chi connectivity index (χ2v) is 4.67. The molecule has 1 aromatic heterocycles. The van der Waals surface area contributed by atoms with Crippen molar-refractivity contribution in [2.75, 3.05) is 0 Å². The average Bonchev–Trinajstić information content (AvgIpc) is 2.62. The van der Waals surface area contributed by atoms with Crippen molar-refractivity contribution >= 4 is 51.4 Å². The van der Waals surface area contributed by atoms with Gasteiger partial charge in [-0.3, -0.25) is 0 Å². The highest BCUT2D eigenvalue weighted by Gasteiger charge is 2.12. The van der Waals surface area contributed by atoms with Crippen LogP contribution in [0.1, 0.15) is 18.1 Å². The van der Waals surface area contributed by atoms with Crippen LogP contribution >= 0.6 is 34.5 Å². The number of halogens is 2. The smallest absolute Gasteiger partial charge is 0.0851 e. The number of benzene rings is 1. The number of aliphatic hydroxyl groups is 1. The summed E-state index contributed by atoms with van der Waals surface area (Å²) < 4.78 is 1.72. The summed E-state index contributed by atoms with van der Waals surface area (Å²) in [7, 11) is 0. The minimum atomic E-state index is -0.0426. The van der Waals surface area contributed by atoms with E-state index in [4.69, 9.17) is 11.6 Å². The van der Waals surface area contributed by atoms with E-state index >= 15 is 0 Å². The number of hydrogen-bond acceptors (Lipinski definition) is 2. The summed E-state index contributed by atoms with van der Waals surface area (Å²) in [6, 6.07) is 1.87. The number of rotatable bonds is 2. The number of fused-ring (bicyclic) bond motifs is 1. The summed E-state index contributed by atoms with van der Waals surface area (Å²) in [5.41, 5.74) is 2.61. The fourth-order valence-corrected chi connectivity index (χ4v) is 2.51. The van der Waals surface area contributed by atoms with E-state index in [-0.39, 0.29) is 6.61 Å². The molecule has 1 N–H and O–H groups in total. The molecule has 2 aromatic rings. The van der Waals surface area contributed by atoms with Gasteiger partial charge in [0, 0.05) is 5.39 Å². The van der Waals surface area contributed by atoms with Gasteiger partial charge < -0.3 is 5.11 Å². The second-order valence-electron chi connectivity index (χ2n) is 3.35. The largest absolute Gasteiger partial charge is 0.392 e. The van der Waals surface area contributed by atoms with Crippen LogP contribution < -0.4 is 0 Å². The van der Waals surface area contributed by atoms with Crippen LogP contribution in [0.15, 0.2) is 18.3 Å². The van der Waals surface area contributed by atoms with Crippen molar-refractivity contribution in [1.82, 2.24) is 7.99 Å². The van der Waals surface area contributed by atoms with Crippen molar-refractivity contribution < 1.29 is 5.11 Å². The van der Waals surface area contributed by atoms with Gasteiger partial charge in [0.05, 0.1) is 46.2 Å². The molecule has 0 unspecified atom stereocenters. The Morgan fingerprint density at radius 2 is 2.38 bits per heavy atom. The van der Waals surface area contributed by atoms with Gasteiger partial charge in [0.25, 0.3) is 0 Å². The van der Waals surface area contributed by atoms with Gasteiger partial charge in [0.2, 0.25) is 0 Å². The van der Waals surface area contributed by atoms with Gasteiger partial charge in [-0.1, -0.05) is 23.8 Å². The summed E-state index contributed by atoms with van der Waals surface area (Å²) >= 11 is 8.27. The first-order valence-electron chi connectivity index (χ1n) is 4.77. The summed E-state index contributed by atoms with van der Waals surface area (Å²) in [5.74, 6) is 0. The zero-order chi connectivity index (χ0) is 11.7. The van der Waals surface area contributed by atoms with Crippen LogP contribution in [-0.2, 0) is 6.61 Å². The third-order valence-corrected chi connectivity index (χ3v) is 3.51. The van der Waals surface area contributed by atoms with Crippen LogP contribution in [0.2, 0.25) is 5.02 Å². The van der Waals surface area contributed by atoms with E-state index in [1.54, 1.807) is 9.09 Å². The second kappa shape index (κ2) is 4.73. The van der Waals surface area contributed by atoms with Gasteiger partial charge >= 0.3 is 0 Å². The SMILES string of the molecule is C/C=C/c1c(Cl)cc2c(cnn2I)c1CO. The molecule has 84 valence electrons. The van der Waals surface area contributed by atoms with Crippen molar-refractivity contribution in [3.05, 3.63) is 34.5 Å². The molecule has 16 heavy (non-hydrogen) atoms. The summed E-state index contributed by atoms with van der Waals surface area (Å²) in [4.78, 5) is 0. The molecule has 0 saturated heterocycles. The lowest BCUT2D eigenvalue weighted by atomic mass is 10.0. The molecule has 0 fully saturated rings. The van der Waals surface area contributed by atoms with Crippen molar-refractivity contribution in [2.45, 2.75) is 13.5 Å². The molecule has 2 rings (SSSR count). The fraction of sp³-hybridized carbons (Fsp3) is 0.182. The van der Waals surface area contributed by atoms with E-state index in [1.165, 1.54) is 0 Å². The number of nitrogens with zero attached hydrogens (tertiary/aromatic N) is 2. The Hall–Kier alpha value is -0.590. The molecule has 3 nitrogen and oxygen atoms in total. The maximum Gasteiger partial charge on any atom is 0.0851 e. The lowest BCUT2D eigenvalue weighted by Gasteiger charge is -2.07. The van der Waals surface area contributed by atoms with Crippen LogP contribution in [0, 0.1) is 0 Å². The summed E-state index contributed by atoms with van der Waals surface area (Å²) in [6.07, 6.45) is 5.55. The Labute approximate surface area is 112 Å². The first-order chi connectivity index (χ1) is 7.69. The first-order valence-corrected chi connectivity index (χ1v) is 6.12. The van der Waals surface area contributed by atoms with Gasteiger partial charge in [0.1, 0.15) is 0 Å². The number of aromatic nitrogens is 2. The third kappa shape index (κ3) is 1.85. The van der Waals surface area contributed by atoms with Crippen LogP contribution in [0.5, 0.6) is 0 Å². The van der Waals surface area contributed by atoms with Crippen molar-refractivity contribution in [3.8, 4) is 0 Å². The molecular formula is C11H10ClIN2O. The average molecular weight is 349 g/mol. The lowest BCUT2D eigenvalue weighted by Crippen LogP contribution is -1.92. The standard InChI is InChI=1S/C11H10ClIN2O/c1-2-3-7-9(6-16)8-5-14-15(13)11(8)4-10(7)12/h2-5,16H,6H2,1H3/b3-2+. The van der Waals surface area contributed by atoms with Gasteiger partial charge in [-0.05, 0) is 24.1 Å². The molecule has 0 bridgehead atoms. The van der Waals surface area contributed by atoms with E-state index in [9.17, 15) is 5.11 Å².